The third-order valence-corrected chi connectivity index (χ3v) is 4.06. The molecule has 8 nitrogen and oxygen atoms in total. The molecule has 0 aliphatic carbocycles. The van der Waals surface area contributed by atoms with Crippen LogP contribution in [0.3, 0.4) is 0 Å². The van der Waals surface area contributed by atoms with Gasteiger partial charge in [-0.1, -0.05) is 13.3 Å². The Morgan fingerprint density at radius 2 is 2.31 bits per heavy atom. The summed E-state index contributed by atoms with van der Waals surface area (Å²) in [7, 11) is 1.67. The van der Waals surface area contributed by atoms with Crippen LogP contribution in [0, 0.1) is 5.41 Å². The molecule has 0 radical (unpaired) electrons. The van der Waals surface area contributed by atoms with E-state index < -0.39 is 6.17 Å². The van der Waals surface area contributed by atoms with Crippen molar-refractivity contribution in [2.75, 3.05) is 20.2 Å². The number of nitrogens with zero attached hydrogens (tertiary/aromatic N) is 5. The zero-order chi connectivity index (χ0) is 19.1. The molecule has 1 unspecified atom stereocenters. The van der Waals surface area contributed by atoms with E-state index in [0.29, 0.717) is 24.7 Å². The topological polar surface area (TPSA) is 102 Å². The fourth-order valence-electron chi connectivity index (χ4n) is 2.74. The van der Waals surface area contributed by atoms with Crippen LogP contribution in [0.25, 0.3) is 0 Å². The molecule has 0 saturated heterocycles. The largest absolute Gasteiger partial charge is 0.388 e. The predicted molar refractivity (Wildman–Crippen MR) is 100 cm³/mol. The van der Waals surface area contributed by atoms with Gasteiger partial charge in [-0.15, -0.1) is 0 Å². The number of aliphatic imine (C=N–C) groups is 1. The van der Waals surface area contributed by atoms with Crippen molar-refractivity contribution in [2.24, 2.45) is 10.1 Å². The van der Waals surface area contributed by atoms with Gasteiger partial charge >= 0.3 is 0 Å². The van der Waals surface area contributed by atoms with Gasteiger partial charge in [0.1, 0.15) is 18.5 Å². The van der Waals surface area contributed by atoms with Crippen LogP contribution in [0.15, 0.2) is 33.8 Å². The Kier molecular flexibility index (Phi) is 7.02. The lowest BCUT2D eigenvalue weighted by molar-refractivity contribution is 0.342. The molecule has 0 saturated carbocycles. The third-order valence-electron chi connectivity index (χ3n) is 4.06. The van der Waals surface area contributed by atoms with Gasteiger partial charge in [-0.3, -0.25) is 5.41 Å². The molecular formula is C17H26FN7O. The second-order valence-corrected chi connectivity index (χ2v) is 5.99. The van der Waals surface area contributed by atoms with Gasteiger partial charge in [-0.05, 0) is 18.9 Å². The lowest BCUT2D eigenvalue weighted by Crippen LogP contribution is -2.37. The first-order valence-electron chi connectivity index (χ1n) is 8.61. The number of alkyl halides is 1. The fourth-order valence-corrected chi connectivity index (χ4v) is 2.74. The molecule has 1 aromatic rings. The molecule has 0 spiro atoms. The number of aliphatic hydroxyl groups excluding tert-OH is 1. The summed E-state index contributed by atoms with van der Waals surface area (Å²) in [6, 6.07) is 0. The molecule has 0 amide bonds. The van der Waals surface area contributed by atoms with Crippen LogP contribution in [0.2, 0.25) is 0 Å². The van der Waals surface area contributed by atoms with E-state index in [-0.39, 0.29) is 12.3 Å². The van der Waals surface area contributed by atoms with Gasteiger partial charge in [0.05, 0.1) is 18.6 Å². The van der Waals surface area contributed by atoms with E-state index >= 15 is 0 Å². The van der Waals surface area contributed by atoms with Crippen LogP contribution in [-0.4, -0.2) is 63.8 Å². The molecule has 1 aromatic heterocycles. The monoisotopic (exact) mass is 363 g/mol. The van der Waals surface area contributed by atoms with Crippen molar-refractivity contribution in [2.45, 2.75) is 39.4 Å². The van der Waals surface area contributed by atoms with E-state index in [0.717, 1.165) is 24.1 Å². The highest BCUT2D eigenvalue weighted by Crippen LogP contribution is 2.20. The first-order valence-corrected chi connectivity index (χ1v) is 8.61. The van der Waals surface area contributed by atoms with E-state index in [1.807, 2.05) is 0 Å². The second kappa shape index (κ2) is 9.23. The standard InChI is InChI=1S/C17H26FN7O/c1-4-5-13-8-25(15(10-26)23-20-3)11-22-14(13)9-24-7-6-21-17(24)16(19)12(2)18/h6-7,11-12,19-20,26H,4-5,8-10H2,1-3H3/b19-16?,23-15-. The molecular weight excluding hydrogens is 337 g/mol. The number of aliphatic hydroxyl groups is 1. The first-order chi connectivity index (χ1) is 12.5. The number of hydrogen-bond donors (Lipinski definition) is 3. The Labute approximate surface area is 152 Å². The maximum Gasteiger partial charge on any atom is 0.157 e. The lowest BCUT2D eigenvalue weighted by Gasteiger charge is -2.27. The van der Waals surface area contributed by atoms with Gasteiger partial charge in [-0.25, -0.2) is 14.4 Å². The summed E-state index contributed by atoms with van der Waals surface area (Å²) in [5.74, 6) is 0.800. The summed E-state index contributed by atoms with van der Waals surface area (Å²) in [6.45, 7) is 4.22. The lowest BCUT2D eigenvalue weighted by atomic mass is 10.1. The van der Waals surface area contributed by atoms with Gasteiger partial charge in [0.2, 0.25) is 0 Å². The summed E-state index contributed by atoms with van der Waals surface area (Å²) in [5, 5.41) is 21.4. The number of hydrazone groups is 1. The summed E-state index contributed by atoms with van der Waals surface area (Å²) < 4.78 is 15.2. The third kappa shape index (κ3) is 4.54. The zero-order valence-electron chi connectivity index (χ0n) is 15.4. The molecule has 3 N–H and O–H groups in total. The quantitative estimate of drug-likeness (QED) is 0.370. The van der Waals surface area contributed by atoms with Crippen molar-refractivity contribution in [3.8, 4) is 0 Å². The minimum absolute atomic E-state index is 0.141. The smallest absolute Gasteiger partial charge is 0.157 e. The van der Waals surface area contributed by atoms with Crippen molar-refractivity contribution in [3.05, 3.63) is 29.5 Å². The van der Waals surface area contributed by atoms with Crippen molar-refractivity contribution in [1.82, 2.24) is 19.9 Å². The van der Waals surface area contributed by atoms with Gasteiger partial charge < -0.3 is 20.0 Å². The zero-order valence-corrected chi connectivity index (χ0v) is 15.4. The number of rotatable bonds is 8. The van der Waals surface area contributed by atoms with Gasteiger partial charge in [0.25, 0.3) is 0 Å². The number of aromatic nitrogens is 2. The van der Waals surface area contributed by atoms with Crippen LogP contribution >= 0.6 is 0 Å². The Morgan fingerprint density at radius 1 is 1.54 bits per heavy atom. The SMILES string of the molecule is CCCC1=C(Cn2ccnc2C(=N)C(C)F)N=CN(/C(CO)=N\NC)C1. The fraction of sp³-hybridized carbons (Fsp3) is 0.529. The number of allylic oxidation sites excluding steroid dienone is 1. The molecule has 2 rings (SSSR count). The summed E-state index contributed by atoms with van der Waals surface area (Å²) >= 11 is 0. The van der Waals surface area contributed by atoms with Crippen molar-refractivity contribution >= 4 is 17.9 Å². The highest BCUT2D eigenvalue weighted by molar-refractivity contribution is 5.98. The van der Waals surface area contributed by atoms with E-state index in [1.165, 1.54) is 6.92 Å². The number of amidine groups is 1. The molecule has 2 heterocycles. The second-order valence-electron chi connectivity index (χ2n) is 5.99. The highest BCUT2D eigenvalue weighted by atomic mass is 19.1. The van der Waals surface area contributed by atoms with Crippen LogP contribution in [0.4, 0.5) is 4.39 Å². The van der Waals surface area contributed by atoms with Crippen molar-refractivity contribution < 1.29 is 9.50 Å². The summed E-state index contributed by atoms with van der Waals surface area (Å²) in [6.07, 6.45) is 5.35. The van der Waals surface area contributed by atoms with Gasteiger partial charge in [0.15, 0.2) is 11.7 Å². The summed E-state index contributed by atoms with van der Waals surface area (Å²) in [4.78, 5) is 10.4. The molecule has 1 aliphatic rings. The maximum absolute atomic E-state index is 13.5. The van der Waals surface area contributed by atoms with Crippen LogP contribution < -0.4 is 5.43 Å². The average Bonchev–Trinajstić information content (AvgIpc) is 3.08. The molecule has 1 atom stereocenters. The molecule has 1 aliphatic heterocycles. The van der Waals surface area contributed by atoms with E-state index in [4.69, 9.17) is 5.41 Å². The Balaban J connectivity index is 2.26. The maximum atomic E-state index is 13.5. The predicted octanol–water partition coefficient (Wildman–Crippen LogP) is 1.53. The van der Waals surface area contributed by atoms with Crippen molar-refractivity contribution in [3.63, 3.8) is 0 Å². The van der Waals surface area contributed by atoms with Gasteiger partial charge in [0, 0.05) is 26.0 Å². The molecule has 9 heteroatoms. The first kappa shape index (κ1) is 19.8. The molecule has 142 valence electrons. The number of halogens is 1. The Bertz CT molecular complexity index is 720. The van der Waals surface area contributed by atoms with E-state index in [9.17, 15) is 9.50 Å². The van der Waals surface area contributed by atoms with Gasteiger partial charge in [-0.2, -0.15) is 5.10 Å². The van der Waals surface area contributed by atoms with Crippen molar-refractivity contribution in [1.29, 1.82) is 5.41 Å². The highest BCUT2D eigenvalue weighted by Gasteiger charge is 2.21. The molecule has 0 bridgehead atoms. The number of nitrogens with one attached hydrogen (secondary N) is 2. The van der Waals surface area contributed by atoms with Crippen LogP contribution in [0.1, 0.15) is 32.5 Å². The average molecular weight is 363 g/mol. The van der Waals surface area contributed by atoms with Crippen LogP contribution in [0.5, 0.6) is 0 Å². The number of imidazole rings is 1. The molecule has 0 fully saturated rings. The van der Waals surface area contributed by atoms with E-state index in [2.05, 4.69) is 27.4 Å². The Morgan fingerprint density at radius 3 is 2.92 bits per heavy atom. The minimum Gasteiger partial charge on any atom is -0.388 e. The normalized spacial score (nSPS) is 16.2. The minimum atomic E-state index is -1.38. The number of hydrogen-bond acceptors (Lipinski definition) is 6. The van der Waals surface area contributed by atoms with Crippen LogP contribution in [-0.2, 0) is 6.54 Å². The summed E-state index contributed by atoms with van der Waals surface area (Å²) in [5.41, 5.74) is 4.52. The Hall–Kier alpha value is -2.55. The van der Waals surface area contributed by atoms with E-state index in [1.54, 1.807) is 35.2 Å². The molecule has 0 aromatic carbocycles. The molecule has 26 heavy (non-hydrogen) atoms.